The summed E-state index contributed by atoms with van der Waals surface area (Å²) in [5.74, 6) is 0.856. The largest absolute Gasteiger partial charge is 0.493 e. The number of hydrazone groups is 1. The van der Waals surface area contributed by atoms with Gasteiger partial charge in [-0.25, -0.2) is 9.69 Å². The molecule has 1 aliphatic heterocycles. The van der Waals surface area contributed by atoms with Crippen molar-refractivity contribution in [1.82, 2.24) is 14.8 Å². The molecule has 172 valence electrons. The lowest BCUT2D eigenvalue weighted by Crippen LogP contribution is -2.35. The number of nitrogens with zero attached hydrogens (tertiary/aromatic N) is 4. The van der Waals surface area contributed by atoms with Crippen molar-refractivity contribution in [1.29, 1.82) is 0 Å². The monoisotopic (exact) mass is 474 g/mol. The highest BCUT2D eigenvalue weighted by Gasteiger charge is 2.34. The number of ether oxygens (including phenoxy) is 2. The minimum Gasteiger partial charge on any atom is -0.493 e. The van der Waals surface area contributed by atoms with Gasteiger partial charge in [0.05, 0.1) is 42.4 Å². The van der Waals surface area contributed by atoms with Crippen molar-refractivity contribution >= 4 is 33.7 Å². The first-order valence-electron chi connectivity index (χ1n) is 10.7. The summed E-state index contributed by atoms with van der Waals surface area (Å²) in [5.41, 5.74) is 1.37. The Morgan fingerprint density at radius 1 is 1.09 bits per heavy atom. The average molecular weight is 475 g/mol. The van der Waals surface area contributed by atoms with Crippen LogP contribution in [0.3, 0.4) is 0 Å². The van der Waals surface area contributed by atoms with Crippen LogP contribution in [-0.2, 0) is 11.3 Å². The number of hydrogen-bond donors (Lipinski definition) is 0. The lowest BCUT2D eigenvalue weighted by molar-refractivity contribution is -0.133. The zero-order valence-corrected chi connectivity index (χ0v) is 19.5. The standard InChI is InChI=1S/C25H22N4O4S/c1-32-21-10-9-16(12-22(21)33-2)20-13-19(23-8-5-11-34-23)27-29(20)24(30)15-28-25(31)18-7-4-3-6-17(18)14-26-28/h3-12,14,20H,13,15H2,1-2H3/t20-/m1/s1. The Bertz CT molecular complexity index is 1450. The molecule has 0 bridgehead atoms. The molecule has 4 aromatic rings. The van der Waals surface area contributed by atoms with Crippen LogP contribution < -0.4 is 15.0 Å². The van der Waals surface area contributed by atoms with Crippen molar-refractivity contribution in [3.8, 4) is 11.5 Å². The fraction of sp³-hybridized carbons (Fsp3) is 0.200. The van der Waals surface area contributed by atoms with Crippen LogP contribution in [0.1, 0.15) is 22.9 Å². The van der Waals surface area contributed by atoms with Crippen LogP contribution in [0.4, 0.5) is 0 Å². The van der Waals surface area contributed by atoms with E-state index in [2.05, 4.69) is 10.2 Å². The van der Waals surface area contributed by atoms with E-state index in [-0.39, 0.29) is 24.1 Å². The number of methoxy groups -OCH3 is 2. The van der Waals surface area contributed by atoms with Crippen LogP contribution in [0.2, 0.25) is 0 Å². The van der Waals surface area contributed by atoms with E-state index in [4.69, 9.17) is 9.47 Å². The van der Waals surface area contributed by atoms with Crippen molar-refractivity contribution in [2.75, 3.05) is 14.2 Å². The smallest absolute Gasteiger partial charge is 0.275 e. The van der Waals surface area contributed by atoms with Gasteiger partial charge in [0, 0.05) is 11.8 Å². The van der Waals surface area contributed by atoms with Crippen molar-refractivity contribution in [3.05, 3.63) is 87.0 Å². The Labute approximate surface area is 199 Å². The second kappa shape index (κ2) is 9.11. The Balaban J connectivity index is 1.50. The molecule has 34 heavy (non-hydrogen) atoms. The molecule has 0 spiro atoms. The summed E-state index contributed by atoms with van der Waals surface area (Å²) < 4.78 is 12.0. The van der Waals surface area contributed by atoms with Crippen molar-refractivity contribution < 1.29 is 14.3 Å². The molecule has 1 atom stereocenters. The first-order valence-corrected chi connectivity index (χ1v) is 11.6. The van der Waals surface area contributed by atoms with Gasteiger partial charge >= 0.3 is 0 Å². The third-order valence-electron chi connectivity index (χ3n) is 5.81. The predicted molar refractivity (Wildman–Crippen MR) is 131 cm³/mol. The number of fused-ring (bicyclic) bond motifs is 1. The SMILES string of the molecule is COc1ccc([C@H]2CC(c3cccs3)=NN2C(=O)Cn2ncc3ccccc3c2=O)cc1OC. The lowest BCUT2D eigenvalue weighted by Gasteiger charge is -2.23. The van der Waals surface area contributed by atoms with Crippen LogP contribution in [0.25, 0.3) is 10.8 Å². The number of carbonyl (C=O) groups excluding carboxylic acids is 1. The first-order chi connectivity index (χ1) is 16.6. The van der Waals surface area contributed by atoms with E-state index in [0.717, 1.165) is 21.5 Å². The van der Waals surface area contributed by atoms with E-state index < -0.39 is 0 Å². The number of rotatable bonds is 6. The van der Waals surface area contributed by atoms with Crippen molar-refractivity contribution in [3.63, 3.8) is 0 Å². The second-order valence-corrected chi connectivity index (χ2v) is 8.74. The summed E-state index contributed by atoms with van der Waals surface area (Å²) in [6, 6.07) is 16.4. The molecule has 0 N–H and O–H groups in total. The zero-order chi connectivity index (χ0) is 23.7. The summed E-state index contributed by atoms with van der Waals surface area (Å²) in [5, 5.41) is 13.6. The maximum absolute atomic E-state index is 13.4. The van der Waals surface area contributed by atoms with E-state index in [1.54, 1.807) is 43.9 Å². The Kier molecular flexibility index (Phi) is 5.85. The molecule has 3 heterocycles. The van der Waals surface area contributed by atoms with Gasteiger partial charge in [0.1, 0.15) is 6.54 Å². The molecule has 9 heteroatoms. The van der Waals surface area contributed by atoms with Gasteiger partial charge in [-0.3, -0.25) is 9.59 Å². The predicted octanol–water partition coefficient (Wildman–Crippen LogP) is 3.85. The molecule has 0 unspecified atom stereocenters. The van der Waals surface area contributed by atoms with Crippen LogP contribution in [0, 0.1) is 0 Å². The summed E-state index contributed by atoms with van der Waals surface area (Å²) >= 11 is 1.57. The van der Waals surface area contributed by atoms with E-state index in [1.165, 1.54) is 9.69 Å². The molecule has 2 aromatic heterocycles. The quantitative estimate of drug-likeness (QED) is 0.424. The van der Waals surface area contributed by atoms with Crippen LogP contribution in [-0.4, -0.2) is 40.6 Å². The number of hydrogen-bond acceptors (Lipinski definition) is 7. The molecule has 8 nitrogen and oxygen atoms in total. The molecular weight excluding hydrogens is 452 g/mol. The normalized spacial score (nSPS) is 15.4. The van der Waals surface area contributed by atoms with Crippen molar-refractivity contribution in [2.45, 2.75) is 19.0 Å². The van der Waals surface area contributed by atoms with Crippen LogP contribution in [0.5, 0.6) is 11.5 Å². The second-order valence-electron chi connectivity index (χ2n) is 7.79. The maximum Gasteiger partial charge on any atom is 0.275 e. The number of benzene rings is 2. The summed E-state index contributed by atoms with van der Waals surface area (Å²) in [7, 11) is 3.15. The maximum atomic E-state index is 13.4. The van der Waals surface area contributed by atoms with Gasteiger partial charge in [-0.2, -0.15) is 10.2 Å². The van der Waals surface area contributed by atoms with Gasteiger partial charge in [-0.1, -0.05) is 30.3 Å². The number of carbonyl (C=O) groups is 1. The summed E-state index contributed by atoms with van der Waals surface area (Å²) in [4.78, 5) is 27.3. The highest BCUT2D eigenvalue weighted by Crippen LogP contribution is 2.38. The van der Waals surface area contributed by atoms with Crippen molar-refractivity contribution in [2.24, 2.45) is 5.10 Å². The lowest BCUT2D eigenvalue weighted by atomic mass is 10.0. The fourth-order valence-corrected chi connectivity index (χ4v) is 4.81. The van der Waals surface area contributed by atoms with Gasteiger partial charge < -0.3 is 9.47 Å². The third-order valence-corrected chi connectivity index (χ3v) is 6.73. The highest BCUT2D eigenvalue weighted by molar-refractivity contribution is 7.12. The van der Waals surface area contributed by atoms with E-state index in [0.29, 0.717) is 23.3 Å². The summed E-state index contributed by atoms with van der Waals surface area (Å²) in [6.07, 6.45) is 2.14. The van der Waals surface area contributed by atoms with Gasteiger partial charge in [-0.15, -0.1) is 11.3 Å². The van der Waals surface area contributed by atoms with Gasteiger partial charge in [-0.05, 0) is 35.2 Å². The van der Waals surface area contributed by atoms with Gasteiger partial charge in [0.25, 0.3) is 11.5 Å². The zero-order valence-electron chi connectivity index (χ0n) is 18.7. The number of amides is 1. The minimum atomic E-state index is -0.347. The Morgan fingerprint density at radius 2 is 1.91 bits per heavy atom. The van der Waals surface area contributed by atoms with E-state index in [9.17, 15) is 9.59 Å². The number of thiophene rings is 1. The highest BCUT2D eigenvalue weighted by atomic mass is 32.1. The summed E-state index contributed by atoms with van der Waals surface area (Å²) in [6.45, 7) is -0.214. The molecule has 1 amide bonds. The molecular formula is C25H22N4O4S. The molecule has 0 aliphatic carbocycles. The fourth-order valence-electron chi connectivity index (χ4n) is 4.09. The molecule has 0 saturated carbocycles. The van der Waals surface area contributed by atoms with Gasteiger partial charge in [0.2, 0.25) is 0 Å². The first kappa shape index (κ1) is 21.8. The molecule has 0 saturated heterocycles. The Morgan fingerprint density at radius 3 is 2.68 bits per heavy atom. The van der Waals surface area contributed by atoms with E-state index in [1.807, 2.05) is 47.8 Å². The Hall–Kier alpha value is -3.98. The molecule has 2 aromatic carbocycles. The number of aromatic nitrogens is 2. The average Bonchev–Trinajstić information content (AvgIpc) is 3.56. The molecule has 0 fully saturated rings. The van der Waals surface area contributed by atoms with E-state index >= 15 is 0 Å². The van der Waals surface area contributed by atoms with Crippen LogP contribution in [0.15, 0.2) is 76.1 Å². The molecule has 5 rings (SSSR count). The molecule has 0 radical (unpaired) electrons. The molecule has 1 aliphatic rings. The minimum absolute atomic E-state index is 0.214. The van der Waals surface area contributed by atoms with Crippen LogP contribution >= 0.6 is 11.3 Å². The third kappa shape index (κ3) is 3.94. The van der Waals surface area contributed by atoms with Gasteiger partial charge in [0.15, 0.2) is 11.5 Å². The topological polar surface area (TPSA) is 86.0 Å².